The number of halogens is 1. The third kappa shape index (κ3) is 4.49. The van der Waals surface area contributed by atoms with Crippen LogP contribution >= 0.6 is 11.6 Å². The van der Waals surface area contributed by atoms with Gasteiger partial charge in [-0.2, -0.15) is 0 Å². The fraction of sp³-hybridized carbons (Fsp3) is 0.294. The van der Waals surface area contributed by atoms with E-state index in [1.165, 1.54) is 31.1 Å². The Morgan fingerprint density at radius 1 is 1.11 bits per heavy atom. The summed E-state index contributed by atoms with van der Waals surface area (Å²) in [7, 11) is -0.590. The van der Waals surface area contributed by atoms with E-state index >= 15 is 0 Å². The lowest BCUT2D eigenvalue weighted by Crippen LogP contribution is -2.22. The molecule has 2 aromatic carbocycles. The zero-order chi connectivity index (χ0) is 19.4. The van der Waals surface area contributed by atoms with Crippen LogP contribution in [0.3, 0.4) is 0 Å². The molecule has 27 heavy (non-hydrogen) atoms. The first kappa shape index (κ1) is 19.4. The molecule has 1 aromatic heterocycles. The maximum atomic E-state index is 12.3. The molecule has 144 valence electrons. The van der Waals surface area contributed by atoms with Gasteiger partial charge < -0.3 is 9.57 Å². The third-order valence-electron chi connectivity index (χ3n) is 3.75. The van der Waals surface area contributed by atoms with Gasteiger partial charge in [0.25, 0.3) is 0 Å². The Morgan fingerprint density at radius 2 is 1.85 bits per heavy atom. The van der Waals surface area contributed by atoms with Crippen molar-refractivity contribution in [3.8, 4) is 5.75 Å². The highest BCUT2D eigenvalue weighted by atomic mass is 35.5. The Balaban J connectivity index is 1.61. The number of hydrogen-bond donors (Lipinski definition) is 0. The van der Waals surface area contributed by atoms with E-state index in [-0.39, 0.29) is 4.90 Å². The molecular weight excluding hydrogens is 392 g/mol. The number of ether oxygens (including phenoxy) is 1. The van der Waals surface area contributed by atoms with Crippen LogP contribution in [0.4, 0.5) is 0 Å². The number of aromatic nitrogens is 3. The predicted molar refractivity (Wildman–Crippen MR) is 101 cm³/mol. The second-order valence-corrected chi connectivity index (χ2v) is 8.48. The van der Waals surface area contributed by atoms with Gasteiger partial charge in [-0.3, -0.25) is 0 Å². The van der Waals surface area contributed by atoms with E-state index in [0.29, 0.717) is 35.7 Å². The Labute approximate surface area is 162 Å². The molecule has 0 N–H and O–H groups in total. The average molecular weight is 411 g/mol. The summed E-state index contributed by atoms with van der Waals surface area (Å²) in [5.74, 6) is 0.726. The van der Waals surface area contributed by atoms with Crippen molar-refractivity contribution in [3.05, 3.63) is 47.5 Å². The predicted octanol–water partition coefficient (Wildman–Crippen LogP) is 2.23. The van der Waals surface area contributed by atoms with E-state index in [2.05, 4.69) is 10.3 Å². The SMILES string of the molecule is CN(C)S(=O)(=O)c1ccc2nnn(OCCCOc3ccc(Cl)cc3)c2c1. The van der Waals surface area contributed by atoms with Gasteiger partial charge in [-0.05, 0) is 47.7 Å². The van der Waals surface area contributed by atoms with Crippen LogP contribution < -0.4 is 9.57 Å². The summed E-state index contributed by atoms with van der Waals surface area (Å²) in [6.45, 7) is 0.783. The van der Waals surface area contributed by atoms with E-state index in [9.17, 15) is 8.42 Å². The van der Waals surface area contributed by atoms with Crippen LogP contribution in [0.5, 0.6) is 5.75 Å². The molecule has 0 bridgehead atoms. The van der Waals surface area contributed by atoms with Gasteiger partial charge in [0.05, 0.1) is 11.5 Å². The topological polar surface area (TPSA) is 86.6 Å². The fourth-order valence-electron chi connectivity index (χ4n) is 2.28. The Kier molecular flexibility index (Phi) is 5.83. The van der Waals surface area contributed by atoms with Gasteiger partial charge in [-0.15, -0.1) is 5.10 Å². The van der Waals surface area contributed by atoms with Crippen molar-refractivity contribution in [2.24, 2.45) is 0 Å². The minimum absolute atomic E-state index is 0.151. The average Bonchev–Trinajstić information content (AvgIpc) is 3.05. The first-order valence-corrected chi connectivity index (χ1v) is 9.99. The van der Waals surface area contributed by atoms with Crippen molar-refractivity contribution in [2.45, 2.75) is 11.3 Å². The largest absolute Gasteiger partial charge is 0.493 e. The minimum Gasteiger partial charge on any atom is -0.493 e. The highest BCUT2D eigenvalue weighted by molar-refractivity contribution is 7.89. The molecule has 0 spiro atoms. The molecule has 10 heteroatoms. The molecule has 8 nitrogen and oxygen atoms in total. The maximum Gasteiger partial charge on any atom is 0.242 e. The van der Waals surface area contributed by atoms with Crippen molar-refractivity contribution >= 4 is 32.7 Å². The lowest BCUT2D eigenvalue weighted by Gasteiger charge is -2.11. The van der Waals surface area contributed by atoms with Gasteiger partial charge in [0.2, 0.25) is 10.0 Å². The molecule has 3 aromatic rings. The number of sulfonamides is 1. The lowest BCUT2D eigenvalue weighted by molar-refractivity contribution is 0.0779. The quantitative estimate of drug-likeness (QED) is 0.529. The summed E-state index contributed by atoms with van der Waals surface area (Å²) in [6, 6.07) is 11.7. The number of nitrogens with zero attached hydrogens (tertiary/aromatic N) is 4. The minimum atomic E-state index is -3.55. The summed E-state index contributed by atoms with van der Waals surface area (Å²) >= 11 is 5.83. The number of benzene rings is 2. The molecule has 0 aliphatic rings. The molecule has 0 radical (unpaired) electrons. The van der Waals surface area contributed by atoms with E-state index in [0.717, 1.165) is 10.1 Å². The zero-order valence-electron chi connectivity index (χ0n) is 14.9. The summed E-state index contributed by atoms with van der Waals surface area (Å²) in [5, 5.41) is 8.54. The molecule has 0 amide bonds. The van der Waals surface area contributed by atoms with E-state index < -0.39 is 10.0 Å². The smallest absolute Gasteiger partial charge is 0.242 e. The second-order valence-electron chi connectivity index (χ2n) is 5.89. The van der Waals surface area contributed by atoms with E-state index in [1.54, 1.807) is 30.3 Å². The van der Waals surface area contributed by atoms with Crippen LogP contribution in [0, 0.1) is 0 Å². The maximum absolute atomic E-state index is 12.3. The van der Waals surface area contributed by atoms with Gasteiger partial charge in [-0.1, -0.05) is 16.4 Å². The summed E-state index contributed by atoms with van der Waals surface area (Å²) in [5.41, 5.74) is 1.03. The zero-order valence-corrected chi connectivity index (χ0v) is 16.4. The van der Waals surface area contributed by atoms with Crippen LogP contribution in [0.25, 0.3) is 11.0 Å². The molecule has 1 heterocycles. The normalized spacial score (nSPS) is 11.9. The highest BCUT2D eigenvalue weighted by Crippen LogP contribution is 2.19. The second kappa shape index (κ2) is 8.12. The van der Waals surface area contributed by atoms with Crippen molar-refractivity contribution in [1.82, 2.24) is 19.5 Å². The van der Waals surface area contributed by atoms with E-state index in [1.807, 2.05) is 0 Å². The Hall–Kier alpha value is -2.36. The van der Waals surface area contributed by atoms with E-state index in [4.69, 9.17) is 21.2 Å². The first-order chi connectivity index (χ1) is 12.9. The molecule has 0 unspecified atom stereocenters. The molecule has 0 aliphatic carbocycles. The van der Waals surface area contributed by atoms with Crippen LogP contribution in [0.1, 0.15) is 6.42 Å². The first-order valence-electron chi connectivity index (χ1n) is 8.17. The summed E-state index contributed by atoms with van der Waals surface area (Å²) < 4.78 is 31.3. The monoisotopic (exact) mass is 410 g/mol. The molecule has 0 aliphatic heterocycles. The van der Waals surface area contributed by atoms with Crippen molar-refractivity contribution < 1.29 is 18.0 Å². The molecule has 3 rings (SSSR count). The van der Waals surface area contributed by atoms with Crippen molar-refractivity contribution in [3.63, 3.8) is 0 Å². The van der Waals surface area contributed by atoms with Gasteiger partial charge in [-0.25, -0.2) is 12.7 Å². The Morgan fingerprint density at radius 3 is 2.56 bits per heavy atom. The number of rotatable bonds is 8. The fourth-order valence-corrected chi connectivity index (χ4v) is 3.32. The van der Waals surface area contributed by atoms with Crippen molar-refractivity contribution in [2.75, 3.05) is 27.3 Å². The molecular formula is C17H19ClN4O4S. The molecule has 0 atom stereocenters. The number of fused-ring (bicyclic) bond motifs is 1. The lowest BCUT2D eigenvalue weighted by atomic mass is 10.3. The Bertz CT molecular complexity index is 1020. The van der Waals surface area contributed by atoms with Gasteiger partial charge in [0.1, 0.15) is 23.4 Å². The van der Waals surface area contributed by atoms with Crippen LogP contribution in [0.15, 0.2) is 47.4 Å². The molecule has 0 saturated heterocycles. The van der Waals surface area contributed by atoms with Crippen LogP contribution in [-0.2, 0) is 10.0 Å². The van der Waals surface area contributed by atoms with Crippen LogP contribution in [0.2, 0.25) is 5.02 Å². The standard InChI is InChI=1S/C17H19ClN4O4S/c1-21(2)27(23,24)15-8-9-16-17(12-15)22(20-19-16)26-11-3-10-25-14-6-4-13(18)5-7-14/h4-9,12H,3,10-11H2,1-2H3. The van der Waals surface area contributed by atoms with Crippen LogP contribution in [-0.4, -0.2) is 55.2 Å². The summed E-state index contributed by atoms with van der Waals surface area (Å²) in [4.78, 5) is 6.96. The number of hydrogen-bond acceptors (Lipinski definition) is 6. The van der Waals surface area contributed by atoms with Crippen molar-refractivity contribution in [1.29, 1.82) is 0 Å². The van der Waals surface area contributed by atoms with Gasteiger partial charge in [0.15, 0.2) is 0 Å². The summed E-state index contributed by atoms with van der Waals surface area (Å²) in [6.07, 6.45) is 0.611. The molecule has 0 fully saturated rings. The highest BCUT2D eigenvalue weighted by Gasteiger charge is 2.19. The van der Waals surface area contributed by atoms with Gasteiger partial charge in [0, 0.05) is 25.5 Å². The third-order valence-corrected chi connectivity index (χ3v) is 5.81. The molecule has 0 saturated carbocycles. The van der Waals surface area contributed by atoms with Gasteiger partial charge >= 0.3 is 0 Å².